The summed E-state index contributed by atoms with van der Waals surface area (Å²) < 4.78 is 18.2. The summed E-state index contributed by atoms with van der Waals surface area (Å²) in [4.78, 5) is 24.0. The average molecular weight is 372 g/mol. The number of alkyl carbamates (subject to hydrolysis) is 1. The van der Waals surface area contributed by atoms with Gasteiger partial charge in [0.15, 0.2) is 0 Å². The highest BCUT2D eigenvalue weighted by Gasteiger charge is 2.16. The van der Waals surface area contributed by atoms with Crippen molar-refractivity contribution in [1.82, 2.24) is 10.6 Å². The predicted octanol–water partition coefficient (Wildman–Crippen LogP) is 4.34. The Morgan fingerprint density at radius 2 is 1.63 bits per heavy atom. The summed E-state index contributed by atoms with van der Waals surface area (Å²) in [6.07, 6.45) is -0.488. The highest BCUT2D eigenvalue weighted by Crippen LogP contribution is 2.14. The average Bonchev–Trinajstić information content (AvgIpc) is 2.59. The van der Waals surface area contributed by atoms with E-state index in [1.807, 2.05) is 6.92 Å². The van der Waals surface area contributed by atoms with Gasteiger partial charge in [-0.2, -0.15) is 0 Å². The fraction of sp³-hybridized carbons (Fsp3) is 0.333. The Morgan fingerprint density at radius 3 is 2.19 bits per heavy atom. The molecule has 0 aliphatic rings. The van der Waals surface area contributed by atoms with Crippen LogP contribution in [0.2, 0.25) is 0 Å². The number of carbonyl (C=O) groups is 2. The molecule has 0 aromatic heterocycles. The third-order valence-electron chi connectivity index (χ3n) is 3.77. The van der Waals surface area contributed by atoms with Crippen LogP contribution in [-0.2, 0) is 11.3 Å². The predicted molar refractivity (Wildman–Crippen MR) is 102 cm³/mol. The number of hydrogen-bond acceptors (Lipinski definition) is 3. The Kier molecular flexibility index (Phi) is 6.55. The van der Waals surface area contributed by atoms with Crippen LogP contribution in [-0.4, -0.2) is 17.6 Å². The number of nitrogens with one attached hydrogen (secondary N) is 2. The van der Waals surface area contributed by atoms with E-state index in [-0.39, 0.29) is 17.8 Å². The van der Waals surface area contributed by atoms with Crippen LogP contribution < -0.4 is 10.6 Å². The van der Waals surface area contributed by atoms with E-state index >= 15 is 0 Å². The van der Waals surface area contributed by atoms with Gasteiger partial charge in [-0.25, -0.2) is 9.18 Å². The lowest BCUT2D eigenvalue weighted by Gasteiger charge is -2.19. The van der Waals surface area contributed by atoms with E-state index in [1.165, 1.54) is 12.1 Å². The Labute approximate surface area is 158 Å². The lowest BCUT2D eigenvalue weighted by Crippen LogP contribution is -2.32. The van der Waals surface area contributed by atoms with Crippen molar-refractivity contribution >= 4 is 12.0 Å². The first-order chi connectivity index (χ1) is 12.6. The van der Waals surface area contributed by atoms with E-state index in [0.29, 0.717) is 12.1 Å². The van der Waals surface area contributed by atoms with Gasteiger partial charge < -0.3 is 15.4 Å². The van der Waals surface area contributed by atoms with Gasteiger partial charge >= 0.3 is 6.09 Å². The molecular formula is C21H25FN2O3. The summed E-state index contributed by atoms with van der Waals surface area (Å²) in [5, 5.41) is 5.55. The molecule has 2 rings (SSSR count). The van der Waals surface area contributed by atoms with Gasteiger partial charge in [0.2, 0.25) is 0 Å². The maximum absolute atomic E-state index is 13.0. The number of hydrogen-bond donors (Lipinski definition) is 2. The third kappa shape index (κ3) is 6.73. The van der Waals surface area contributed by atoms with Crippen LogP contribution in [0.4, 0.5) is 9.18 Å². The third-order valence-corrected chi connectivity index (χ3v) is 3.77. The SMILES string of the molecule is CC(NC(=O)c1ccc(CNC(=O)OC(C)(C)C)cc1)c1ccc(F)cc1. The maximum atomic E-state index is 13.0. The molecule has 0 saturated carbocycles. The van der Waals surface area contributed by atoms with Gasteiger partial charge in [0.25, 0.3) is 5.91 Å². The Balaban J connectivity index is 1.89. The van der Waals surface area contributed by atoms with Crippen molar-refractivity contribution in [2.75, 3.05) is 0 Å². The molecule has 0 aliphatic carbocycles. The summed E-state index contributed by atoms with van der Waals surface area (Å²) in [5.41, 5.74) is 1.63. The molecule has 0 fully saturated rings. The second-order valence-electron chi connectivity index (χ2n) is 7.30. The van der Waals surface area contributed by atoms with Gasteiger partial charge in [0.05, 0.1) is 6.04 Å². The van der Waals surface area contributed by atoms with Crippen LogP contribution in [0.3, 0.4) is 0 Å². The maximum Gasteiger partial charge on any atom is 0.407 e. The zero-order valence-electron chi connectivity index (χ0n) is 16.0. The first-order valence-corrected chi connectivity index (χ1v) is 8.76. The summed E-state index contributed by atoms with van der Waals surface area (Å²) in [6.45, 7) is 7.54. The van der Waals surface area contributed by atoms with Crippen LogP contribution in [0, 0.1) is 5.82 Å². The number of halogens is 1. The fourth-order valence-corrected chi connectivity index (χ4v) is 2.38. The van der Waals surface area contributed by atoms with E-state index in [1.54, 1.807) is 57.2 Å². The molecule has 27 heavy (non-hydrogen) atoms. The van der Waals surface area contributed by atoms with Crippen LogP contribution in [0.15, 0.2) is 48.5 Å². The lowest BCUT2D eigenvalue weighted by molar-refractivity contribution is 0.0523. The Bertz CT molecular complexity index is 781. The van der Waals surface area contributed by atoms with Crippen LogP contribution in [0.5, 0.6) is 0 Å². The van der Waals surface area contributed by atoms with Crippen molar-refractivity contribution in [2.24, 2.45) is 0 Å². The van der Waals surface area contributed by atoms with Crippen molar-refractivity contribution in [1.29, 1.82) is 0 Å². The highest BCUT2D eigenvalue weighted by molar-refractivity contribution is 5.94. The minimum absolute atomic E-state index is 0.224. The van der Waals surface area contributed by atoms with Crippen LogP contribution >= 0.6 is 0 Å². The fourth-order valence-electron chi connectivity index (χ4n) is 2.38. The lowest BCUT2D eigenvalue weighted by atomic mass is 10.1. The second kappa shape index (κ2) is 8.66. The van der Waals surface area contributed by atoms with E-state index in [2.05, 4.69) is 10.6 Å². The molecule has 1 unspecified atom stereocenters. The molecular weight excluding hydrogens is 347 g/mol. The standard InChI is InChI=1S/C21H25FN2O3/c1-14(16-9-11-18(22)12-10-16)24-19(25)17-7-5-15(6-8-17)13-23-20(26)27-21(2,3)4/h5-12,14H,13H2,1-4H3,(H,23,26)(H,24,25). The topological polar surface area (TPSA) is 67.4 Å². The molecule has 2 aromatic carbocycles. The van der Waals surface area contributed by atoms with Crippen molar-refractivity contribution in [2.45, 2.75) is 45.9 Å². The molecule has 0 aliphatic heterocycles. The number of rotatable bonds is 5. The second-order valence-corrected chi connectivity index (χ2v) is 7.30. The van der Waals surface area contributed by atoms with Crippen LogP contribution in [0.1, 0.15) is 55.2 Å². The smallest absolute Gasteiger partial charge is 0.407 e. The molecule has 2 N–H and O–H groups in total. The van der Waals surface area contributed by atoms with Gasteiger partial charge in [-0.15, -0.1) is 0 Å². The monoisotopic (exact) mass is 372 g/mol. The molecule has 0 heterocycles. The largest absolute Gasteiger partial charge is 0.444 e. The van der Waals surface area contributed by atoms with Crippen molar-refractivity contribution in [3.63, 3.8) is 0 Å². The first kappa shape index (κ1) is 20.4. The Morgan fingerprint density at radius 1 is 1.04 bits per heavy atom. The molecule has 0 spiro atoms. The zero-order chi connectivity index (χ0) is 20.0. The number of benzene rings is 2. The van der Waals surface area contributed by atoms with E-state index in [0.717, 1.165) is 11.1 Å². The molecule has 1 atom stereocenters. The first-order valence-electron chi connectivity index (χ1n) is 8.76. The van der Waals surface area contributed by atoms with Crippen LogP contribution in [0.25, 0.3) is 0 Å². The highest BCUT2D eigenvalue weighted by atomic mass is 19.1. The molecule has 0 saturated heterocycles. The number of amides is 2. The molecule has 2 amide bonds. The molecule has 0 bridgehead atoms. The van der Waals surface area contributed by atoms with Crippen molar-refractivity contribution < 1.29 is 18.7 Å². The van der Waals surface area contributed by atoms with Crippen molar-refractivity contribution in [3.8, 4) is 0 Å². The summed E-state index contributed by atoms with van der Waals surface area (Å²) >= 11 is 0. The molecule has 6 heteroatoms. The zero-order valence-corrected chi connectivity index (χ0v) is 16.0. The van der Waals surface area contributed by atoms with E-state index in [4.69, 9.17) is 4.74 Å². The van der Waals surface area contributed by atoms with Gasteiger partial charge in [-0.3, -0.25) is 4.79 Å². The molecule has 144 valence electrons. The van der Waals surface area contributed by atoms with E-state index < -0.39 is 11.7 Å². The number of ether oxygens (including phenoxy) is 1. The normalized spacial score (nSPS) is 12.2. The molecule has 2 aromatic rings. The quantitative estimate of drug-likeness (QED) is 0.820. The summed E-state index contributed by atoms with van der Waals surface area (Å²) in [6, 6.07) is 12.7. The summed E-state index contributed by atoms with van der Waals surface area (Å²) in [5.74, 6) is -0.536. The minimum Gasteiger partial charge on any atom is -0.444 e. The van der Waals surface area contributed by atoms with Gasteiger partial charge in [-0.05, 0) is 63.1 Å². The van der Waals surface area contributed by atoms with E-state index in [9.17, 15) is 14.0 Å². The van der Waals surface area contributed by atoms with Crippen molar-refractivity contribution in [3.05, 3.63) is 71.0 Å². The molecule has 0 radical (unpaired) electrons. The van der Waals surface area contributed by atoms with Gasteiger partial charge in [0.1, 0.15) is 11.4 Å². The van der Waals surface area contributed by atoms with Gasteiger partial charge in [-0.1, -0.05) is 24.3 Å². The summed E-state index contributed by atoms with van der Waals surface area (Å²) in [7, 11) is 0. The minimum atomic E-state index is -0.548. The molecule has 5 nitrogen and oxygen atoms in total. The Hall–Kier alpha value is -2.89. The van der Waals surface area contributed by atoms with Gasteiger partial charge in [0, 0.05) is 12.1 Å². The number of carbonyl (C=O) groups excluding carboxylic acids is 2.